The molecule has 0 saturated carbocycles. The van der Waals surface area contributed by atoms with Gasteiger partial charge in [0.1, 0.15) is 13.2 Å². The molecule has 0 saturated heterocycles. The lowest BCUT2D eigenvalue weighted by atomic mass is 10.0. The van der Waals surface area contributed by atoms with E-state index in [1.165, 1.54) is 167 Å². The lowest BCUT2D eigenvalue weighted by Crippen LogP contribution is -2.30. The first-order chi connectivity index (χ1) is 35.5. The Morgan fingerprint density at radius 1 is 0.292 bits per heavy atom. The predicted molar refractivity (Wildman–Crippen MR) is 311 cm³/mol. The second-order valence-corrected chi connectivity index (χ2v) is 20.6. The highest BCUT2D eigenvalue weighted by Crippen LogP contribution is 2.17. The molecule has 6 heteroatoms. The first-order valence-corrected chi connectivity index (χ1v) is 30.9. The highest BCUT2D eigenvalue weighted by Gasteiger charge is 2.19. The van der Waals surface area contributed by atoms with Gasteiger partial charge >= 0.3 is 17.9 Å². The van der Waals surface area contributed by atoms with Crippen molar-refractivity contribution in [2.45, 2.75) is 316 Å². The molecule has 0 heterocycles. The van der Waals surface area contributed by atoms with Gasteiger partial charge in [-0.3, -0.25) is 14.4 Å². The molecule has 72 heavy (non-hydrogen) atoms. The number of hydrogen-bond acceptors (Lipinski definition) is 6. The maximum atomic E-state index is 12.9. The first-order valence-electron chi connectivity index (χ1n) is 30.9. The van der Waals surface area contributed by atoms with Crippen molar-refractivity contribution in [2.24, 2.45) is 0 Å². The highest BCUT2D eigenvalue weighted by molar-refractivity contribution is 5.71. The van der Waals surface area contributed by atoms with Crippen LogP contribution in [0.5, 0.6) is 0 Å². The lowest BCUT2D eigenvalue weighted by molar-refractivity contribution is -0.167. The number of rotatable bonds is 56. The van der Waals surface area contributed by atoms with Crippen LogP contribution in [0.15, 0.2) is 72.9 Å². The maximum absolute atomic E-state index is 12.9. The molecule has 0 fully saturated rings. The van der Waals surface area contributed by atoms with Crippen LogP contribution in [0.1, 0.15) is 310 Å². The average Bonchev–Trinajstić information content (AvgIpc) is 3.38. The number of unbranched alkanes of at least 4 members (excludes halogenated alkanes) is 33. The van der Waals surface area contributed by atoms with Crippen molar-refractivity contribution in [2.75, 3.05) is 13.2 Å². The topological polar surface area (TPSA) is 78.9 Å². The molecule has 0 N–H and O–H groups in total. The van der Waals surface area contributed by atoms with E-state index in [-0.39, 0.29) is 31.1 Å². The Balaban J connectivity index is 4.22. The van der Waals surface area contributed by atoms with Crippen LogP contribution in [-0.4, -0.2) is 37.2 Å². The normalized spacial score (nSPS) is 12.5. The monoisotopic (exact) mass is 1000 g/mol. The van der Waals surface area contributed by atoms with Gasteiger partial charge in [-0.2, -0.15) is 0 Å². The summed E-state index contributed by atoms with van der Waals surface area (Å²) < 4.78 is 16.8. The highest BCUT2D eigenvalue weighted by atomic mass is 16.6. The van der Waals surface area contributed by atoms with E-state index in [1.807, 2.05) is 0 Å². The summed E-state index contributed by atoms with van der Waals surface area (Å²) in [5, 5.41) is 0. The summed E-state index contributed by atoms with van der Waals surface area (Å²) in [6.07, 6.45) is 77.8. The molecular weight excluding hydrogens is 889 g/mol. The second kappa shape index (κ2) is 60.4. The molecule has 0 spiro atoms. The molecule has 0 aliphatic rings. The minimum atomic E-state index is -0.778. The van der Waals surface area contributed by atoms with Crippen LogP contribution in [0.2, 0.25) is 0 Å². The van der Waals surface area contributed by atoms with E-state index in [2.05, 4.69) is 93.7 Å². The molecule has 0 aromatic carbocycles. The van der Waals surface area contributed by atoms with Crippen molar-refractivity contribution in [3.05, 3.63) is 72.9 Å². The number of hydrogen-bond donors (Lipinski definition) is 0. The molecule has 0 aliphatic heterocycles. The molecule has 0 bridgehead atoms. The predicted octanol–water partition coefficient (Wildman–Crippen LogP) is 20.9. The lowest BCUT2D eigenvalue weighted by Gasteiger charge is -2.18. The third-order valence-electron chi connectivity index (χ3n) is 13.5. The van der Waals surface area contributed by atoms with Crippen molar-refractivity contribution in [3.63, 3.8) is 0 Å². The van der Waals surface area contributed by atoms with Crippen LogP contribution < -0.4 is 0 Å². The third-order valence-corrected chi connectivity index (χ3v) is 13.5. The van der Waals surface area contributed by atoms with Crippen LogP contribution in [-0.2, 0) is 28.6 Å². The Bertz CT molecular complexity index is 1340. The summed E-state index contributed by atoms with van der Waals surface area (Å²) in [4.78, 5) is 38.1. The molecule has 0 rings (SSSR count). The van der Waals surface area contributed by atoms with Gasteiger partial charge in [-0.25, -0.2) is 0 Å². The van der Waals surface area contributed by atoms with Crippen LogP contribution in [0.4, 0.5) is 0 Å². The minimum Gasteiger partial charge on any atom is -0.462 e. The standard InChI is InChI=1S/C66H116O6/c1-4-7-10-13-16-19-21-23-25-27-29-31-32-33-34-36-37-39-41-43-45-47-50-53-56-59-65(68)71-62-63(61-70-64(67)58-55-52-49-18-15-12-9-6-3)72-66(69)60-57-54-51-48-46-44-42-40-38-35-30-28-26-24-22-20-17-14-11-8-5-2/h7,10,16,19,23,25,29,31,33-34,37,39,63H,4-6,8-9,11-15,17-18,20-22,24,26-28,30,32,35-36,38,40-62H2,1-3H3/b10-7-,19-16-,25-23-,31-29-,34-33-,39-37-. The Labute approximate surface area is 446 Å². The van der Waals surface area contributed by atoms with Gasteiger partial charge in [0.25, 0.3) is 0 Å². The van der Waals surface area contributed by atoms with Gasteiger partial charge in [-0.1, -0.05) is 293 Å². The number of esters is 3. The molecule has 1 atom stereocenters. The van der Waals surface area contributed by atoms with E-state index in [9.17, 15) is 14.4 Å². The van der Waals surface area contributed by atoms with E-state index in [0.717, 1.165) is 103 Å². The number of carbonyl (C=O) groups is 3. The van der Waals surface area contributed by atoms with Crippen molar-refractivity contribution in [3.8, 4) is 0 Å². The summed E-state index contributed by atoms with van der Waals surface area (Å²) >= 11 is 0. The summed E-state index contributed by atoms with van der Waals surface area (Å²) in [7, 11) is 0. The quantitative estimate of drug-likeness (QED) is 0.0261. The zero-order valence-electron chi connectivity index (χ0n) is 47.7. The molecule has 6 nitrogen and oxygen atoms in total. The van der Waals surface area contributed by atoms with Crippen LogP contribution >= 0.6 is 0 Å². The Hall–Kier alpha value is -3.15. The van der Waals surface area contributed by atoms with E-state index >= 15 is 0 Å². The molecule has 0 aromatic heterocycles. The molecule has 416 valence electrons. The van der Waals surface area contributed by atoms with Crippen molar-refractivity contribution < 1.29 is 28.6 Å². The molecule has 0 aromatic rings. The van der Waals surface area contributed by atoms with Crippen LogP contribution in [0.3, 0.4) is 0 Å². The van der Waals surface area contributed by atoms with E-state index < -0.39 is 6.10 Å². The fourth-order valence-corrected chi connectivity index (χ4v) is 8.86. The SMILES string of the molecule is CC/C=C\C/C=C\C/C=C\C/C=C\C/C=C\C/C=C\CCCCCCCCC(=O)OCC(COC(=O)CCCCCCCCCC)OC(=O)CCCCCCCCCCCCCCCCCCCCCCC. The second-order valence-electron chi connectivity index (χ2n) is 20.6. The summed E-state index contributed by atoms with van der Waals surface area (Å²) in [5.41, 5.74) is 0. The minimum absolute atomic E-state index is 0.0766. The third kappa shape index (κ3) is 57.7. The molecular formula is C66H116O6. The van der Waals surface area contributed by atoms with Gasteiger partial charge < -0.3 is 14.2 Å². The van der Waals surface area contributed by atoms with Gasteiger partial charge in [0.05, 0.1) is 0 Å². The number of carbonyl (C=O) groups excluding carboxylic acids is 3. The maximum Gasteiger partial charge on any atom is 0.306 e. The van der Waals surface area contributed by atoms with Crippen molar-refractivity contribution in [1.82, 2.24) is 0 Å². The first kappa shape index (κ1) is 68.8. The van der Waals surface area contributed by atoms with Gasteiger partial charge in [-0.15, -0.1) is 0 Å². The van der Waals surface area contributed by atoms with Crippen molar-refractivity contribution >= 4 is 17.9 Å². The Morgan fingerprint density at radius 2 is 0.542 bits per heavy atom. The number of allylic oxidation sites excluding steroid dienone is 12. The van der Waals surface area contributed by atoms with Crippen molar-refractivity contribution in [1.29, 1.82) is 0 Å². The average molecular weight is 1010 g/mol. The van der Waals surface area contributed by atoms with Gasteiger partial charge in [0.2, 0.25) is 0 Å². The molecule has 0 amide bonds. The molecule has 1 unspecified atom stereocenters. The zero-order valence-corrected chi connectivity index (χ0v) is 47.7. The summed E-state index contributed by atoms with van der Waals surface area (Å²) in [5.74, 6) is -0.882. The van der Waals surface area contributed by atoms with Gasteiger partial charge in [0.15, 0.2) is 6.10 Å². The van der Waals surface area contributed by atoms with E-state index in [0.29, 0.717) is 19.3 Å². The fourth-order valence-electron chi connectivity index (χ4n) is 8.86. The van der Waals surface area contributed by atoms with E-state index in [1.54, 1.807) is 0 Å². The summed E-state index contributed by atoms with van der Waals surface area (Å²) in [6, 6.07) is 0. The van der Waals surface area contributed by atoms with Crippen LogP contribution in [0, 0.1) is 0 Å². The van der Waals surface area contributed by atoms with E-state index in [4.69, 9.17) is 14.2 Å². The summed E-state index contributed by atoms with van der Waals surface area (Å²) in [6.45, 7) is 6.52. The van der Waals surface area contributed by atoms with Gasteiger partial charge in [-0.05, 0) is 70.6 Å². The molecule has 0 aliphatic carbocycles. The Kier molecular flexibility index (Phi) is 57.8. The number of ether oxygens (including phenoxy) is 3. The van der Waals surface area contributed by atoms with Crippen LogP contribution in [0.25, 0.3) is 0 Å². The smallest absolute Gasteiger partial charge is 0.306 e. The zero-order chi connectivity index (χ0) is 52.2. The Morgan fingerprint density at radius 3 is 0.847 bits per heavy atom. The largest absolute Gasteiger partial charge is 0.462 e. The molecule has 0 radical (unpaired) electrons. The van der Waals surface area contributed by atoms with Gasteiger partial charge in [0, 0.05) is 19.3 Å². The fraction of sp³-hybridized carbons (Fsp3) is 0.773.